The van der Waals surface area contributed by atoms with Gasteiger partial charge in [-0.25, -0.2) is 0 Å². The molecule has 0 bridgehead atoms. The van der Waals surface area contributed by atoms with E-state index in [1.807, 2.05) is 34.6 Å². The highest BCUT2D eigenvalue weighted by Crippen LogP contribution is 2.32. The van der Waals surface area contributed by atoms with Gasteiger partial charge in [-0.1, -0.05) is 20.8 Å². The maximum atomic E-state index is 12.2. The van der Waals surface area contributed by atoms with Gasteiger partial charge in [0.25, 0.3) is 0 Å². The molecule has 0 aliphatic heterocycles. The van der Waals surface area contributed by atoms with Crippen LogP contribution in [0, 0.1) is 11.3 Å². The minimum absolute atomic E-state index is 0.0663. The maximum absolute atomic E-state index is 12.2. The van der Waals surface area contributed by atoms with Crippen LogP contribution < -0.4 is 0 Å². The van der Waals surface area contributed by atoms with E-state index < -0.39 is 5.41 Å². The van der Waals surface area contributed by atoms with Crippen molar-refractivity contribution >= 4 is 11.7 Å². The molecule has 1 aliphatic rings. The van der Waals surface area contributed by atoms with Gasteiger partial charge in [-0.15, -0.1) is 0 Å². The molecule has 0 unspecified atom stereocenters. The van der Waals surface area contributed by atoms with E-state index in [9.17, 15) is 9.59 Å². The second kappa shape index (κ2) is 5.19. The van der Waals surface area contributed by atoms with Crippen LogP contribution in [-0.2, 0) is 9.59 Å². The molecule has 98 valence electrons. The fraction of sp³-hybridized carbons (Fsp3) is 0.857. The lowest BCUT2D eigenvalue weighted by Crippen LogP contribution is -2.46. The quantitative estimate of drug-likeness (QED) is 0.739. The van der Waals surface area contributed by atoms with Crippen LogP contribution in [0.4, 0.5) is 0 Å². The number of hydrogen-bond donors (Lipinski definition) is 0. The minimum Gasteiger partial charge on any atom is -0.332 e. The predicted molar refractivity (Wildman–Crippen MR) is 68.7 cm³/mol. The van der Waals surface area contributed by atoms with Crippen molar-refractivity contribution in [3.05, 3.63) is 0 Å². The van der Waals surface area contributed by atoms with Crippen LogP contribution in [0.1, 0.15) is 53.9 Å². The number of carbonyl (C=O) groups is 2. The molecule has 1 rings (SSSR count). The lowest BCUT2D eigenvalue weighted by atomic mass is 9.93. The molecule has 0 N–H and O–H groups in total. The summed E-state index contributed by atoms with van der Waals surface area (Å²) in [5, 5.41) is 0. The topological polar surface area (TPSA) is 37.4 Å². The number of ketones is 1. The Morgan fingerprint density at radius 3 is 2.12 bits per heavy atom. The van der Waals surface area contributed by atoms with Gasteiger partial charge in [0.15, 0.2) is 5.78 Å². The van der Waals surface area contributed by atoms with E-state index in [0.717, 1.165) is 0 Å². The predicted octanol–water partition coefficient (Wildman–Crippen LogP) is 2.64. The fourth-order valence-corrected chi connectivity index (χ4v) is 1.82. The number of Topliss-reactive ketones (excluding diaryl/α,β-unsaturated/α-hetero) is 1. The first kappa shape index (κ1) is 14.2. The summed E-state index contributed by atoms with van der Waals surface area (Å²) in [6.45, 7) is 9.91. The second-order valence-corrected chi connectivity index (χ2v) is 6.46. The lowest BCUT2D eigenvalue weighted by molar-refractivity contribution is -0.144. The van der Waals surface area contributed by atoms with Crippen molar-refractivity contribution in [1.29, 1.82) is 0 Å². The summed E-state index contributed by atoms with van der Waals surface area (Å²) in [5.41, 5.74) is -0.413. The SMILES string of the molecule is CC(C)N(CC(=O)CC1CC1)C(=O)C(C)(C)C. The standard InChI is InChI=1S/C14H25NO2/c1-10(2)15(13(17)14(3,4)5)9-12(16)8-11-6-7-11/h10-11H,6-9H2,1-5H3. The highest BCUT2D eigenvalue weighted by Gasteiger charge is 2.31. The molecule has 0 radical (unpaired) electrons. The Labute approximate surface area is 105 Å². The van der Waals surface area contributed by atoms with Gasteiger partial charge < -0.3 is 4.90 Å². The monoisotopic (exact) mass is 239 g/mol. The Morgan fingerprint density at radius 1 is 1.24 bits per heavy atom. The molecule has 1 aliphatic carbocycles. The minimum atomic E-state index is -0.413. The molecule has 1 saturated carbocycles. The van der Waals surface area contributed by atoms with Crippen LogP contribution in [0.25, 0.3) is 0 Å². The molecule has 0 aromatic heterocycles. The zero-order chi connectivity index (χ0) is 13.2. The van der Waals surface area contributed by atoms with Gasteiger partial charge in [0, 0.05) is 17.9 Å². The average molecular weight is 239 g/mol. The molecular weight excluding hydrogens is 214 g/mol. The number of rotatable bonds is 5. The number of hydrogen-bond acceptors (Lipinski definition) is 2. The van der Waals surface area contributed by atoms with E-state index in [4.69, 9.17) is 0 Å². The smallest absolute Gasteiger partial charge is 0.228 e. The van der Waals surface area contributed by atoms with E-state index in [2.05, 4.69) is 0 Å². The van der Waals surface area contributed by atoms with Crippen LogP contribution in [-0.4, -0.2) is 29.2 Å². The third kappa shape index (κ3) is 4.49. The van der Waals surface area contributed by atoms with Gasteiger partial charge in [0.1, 0.15) is 0 Å². The first-order valence-corrected chi connectivity index (χ1v) is 6.54. The third-order valence-electron chi connectivity index (χ3n) is 3.09. The third-order valence-corrected chi connectivity index (χ3v) is 3.09. The van der Waals surface area contributed by atoms with Crippen molar-refractivity contribution in [2.45, 2.75) is 59.9 Å². The van der Waals surface area contributed by atoms with Crippen LogP contribution in [0.2, 0.25) is 0 Å². The molecule has 3 heteroatoms. The molecular formula is C14H25NO2. The summed E-state index contributed by atoms with van der Waals surface area (Å²) < 4.78 is 0. The molecule has 0 aromatic carbocycles. The van der Waals surface area contributed by atoms with E-state index in [-0.39, 0.29) is 24.3 Å². The zero-order valence-electron chi connectivity index (χ0n) is 11.7. The summed E-state index contributed by atoms with van der Waals surface area (Å²) in [6.07, 6.45) is 3.02. The lowest BCUT2D eigenvalue weighted by Gasteiger charge is -2.32. The van der Waals surface area contributed by atoms with E-state index in [1.165, 1.54) is 12.8 Å². The van der Waals surface area contributed by atoms with Crippen molar-refractivity contribution in [3.63, 3.8) is 0 Å². The summed E-state index contributed by atoms with van der Waals surface area (Å²) in [6, 6.07) is 0.0879. The Morgan fingerprint density at radius 2 is 1.76 bits per heavy atom. The van der Waals surface area contributed by atoms with Crippen molar-refractivity contribution in [1.82, 2.24) is 4.90 Å². The van der Waals surface area contributed by atoms with E-state index >= 15 is 0 Å². The normalized spacial score (nSPS) is 16.1. The molecule has 0 heterocycles. The van der Waals surface area contributed by atoms with Gasteiger partial charge in [-0.2, -0.15) is 0 Å². The largest absolute Gasteiger partial charge is 0.332 e. The van der Waals surface area contributed by atoms with Crippen LogP contribution in [0.5, 0.6) is 0 Å². The van der Waals surface area contributed by atoms with Crippen molar-refractivity contribution < 1.29 is 9.59 Å². The van der Waals surface area contributed by atoms with Gasteiger partial charge in [-0.05, 0) is 32.6 Å². The van der Waals surface area contributed by atoms with Gasteiger partial charge in [-0.3, -0.25) is 9.59 Å². The number of amides is 1. The van der Waals surface area contributed by atoms with Crippen LogP contribution >= 0.6 is 0 Å². The van der Waals surface area contributed by atoms with Gasteiger partial charge in [0.05, 0.1) is 6.54 Å². The van der Waals surface area contributed by atoms with E-state index in [1.54, 1.807) is 4.90 Å². The Bertz CT molecular complexity index is 298. The Kier molecular flexibility index (Phi) is 4.34. The van der Waals surface area contributed by atoms with E-state index in [0.29, 0.717) is 12.3 Å². The first-order valence-electron chi connectivity index (χ1n) is 6.54. The van der Waals surface area contributed by atoms with Gasteiger partial charge >= 0.3 is 0 Å². The summed E-state index contributed by atoms with van der Waals surface area (Å²) in [5.74, 6) is 0.872. The van der Waals surface area contributed by atoms with Gasteiger partial charge in [0.2, 0.25) is 5.91 Å². The molecule has 0 spiro atoms. The first-order chi connectivity index (χ1) is 7.71. The summed E-state index contributed by atoms with van der Waals surface area (Å²) >= 11 is 0. The highest BCUT2D eigenvalue weighted by atomic mass is 16.2. The second-order valence-electron chi connectivity index (χ2n) is 6.46. The average Bonchev–Trinajstić information content (AvgIpc) is 2.95. The molecule has 0 atom stereocenters. The van der Waals surface area contributed by atoms with Crippen LogP contribution in [0.15, 0.2) is 0 Å². The Balaban J connectivity index is 2.58. The molecule has 3 nitrogen and oxygen atoms in total. The van der Waals surface area contributed by atoms with Crippen LogP contribution in [0.3, 0.4) is 0 Å². The molecule has 1 fully saturated rings. The molecule has 17 heavy (non-hydrogen) atoms. The number of carbonyl (C=O) groups excluding carboxylic acids is 2. The summed E-state index contributed by atoms with van der Waals surface area (Å²) in [4.78, 5) is 25.8. The zero-order valence-corrected chi connectivity index (χ0v) is 11.7. The number of nitrogens with zero attached hydrogens (tertiary/aromatic N) is 1. The summed E-state index contributed by atoms with van der Waals surface area (Å²) in [7, 11) is 0. The van der Waals surface area contributed by atoms with Crippen molar-refractivity contribution in [2.24, 2.45) is 11.3 Å². The maximum Gasteiger partial charge on any atom is 0.228 e. The highest BCUT2D eigenvalue weighted by molar-refractivity contribution is 5.88. The van der Waals surface area contributed by atoms with Crippen molar-refractivity contribution in [2.75, 3.05) is 6.54 Å². The molecule has 1 amide bonds. The molecule has 0 aromatic rings. The molecule has 0 saturated heterocycles. The Hall–Kier alpha value is -0.860. The fourth-order valence-electron chi connectivity index (χ4n) is 1.82. The van der Waals surface area contributed by atoms with Crippen molar-refractivity contribution in [3.8, 4) is 0 Å².